The van der Waals surface area contributed by atoms with Crippen molar-refractivity contribution >= 4 is 11.8 Å². The topological polar surface area (TPSA) is 54.4 Å². The molecule has 0 atom stereocenters. The lowest BCUT2D eigenvalue weighted by atomic mass is 9.99. The number of carboxylic acids is 1. The summed E-state index contributed by atoms with van der Waals surface area (Å²) in [6.45, 7) is 8.17. The van der Waals surface area contributed by atoms with Gasteiger partial charge in [-0.1, -0.05) is 52.0 Å². The molecule has 0 heterocycles. The molecule has 0 aliphatic rings. The molecule has 100 valence electrons. The minimum atomic E-state index is -0.938. The predicted octanol–water partition coefficient (Wildman–Crippen LogP) is 3.88. The van der Waals surface area contributed by atoms with Crippen molar-refractivity contribution in [1.82, 2.24) is 0 Å². The van der Waals surface area contributed by atoms with E-state index in [1.165, 1.54) is 5.56 Å². The molecule has 1 N–H and O–H groups in total. The van der Waals surface area contributed by atoms with Crippen LogP contribution in [0.2, 0.25) is 0 Å². The van der Waals surface area contributed by atoms with E-state index in [0.717, 1.165) is 0 Å². The van der Waals surface area contributed by atoms with E-state index in [-0.39, 0.29) is 18.6 Å². The van der Waals surface area contributed by atoms with E-state index < -0.39 is 5.97 Å². The first-order valence-electron chi connectivity index (χ1n) is 6.35. The standard InChI is InChI=1S/C13H16O3.C2H6/c1-9(2)10-3-5-11(6-4-10)12(14)7-8-13(15)16;1-2/h3-6,9H,7-8H2,1-2H3,(H,15,16);1-2H3. The monoisotopic (exact) mass is 250 g/mol. The Labute approximate surface area is 109 Å². The molecule has 3 nitrogen and oxygen atoms in total. The Hall–Kier alpha value is -1.64. The first-order valence-corrected chi connectivity index (χ1v) is 6.35. The van der Waals surface area contributed by atoms with E-state index in [0.29, 0.717) is 11.5 Å². The third-order valence-electron chi connectivity index (χ3n) is 2.47. The van der Waals surface area contributed by atoms with E-state index >= 15 is 0 Å². The minimum absolute atomic E-state index is 0.0658. The highest BCUT2D eigenvalue weighted by molar-refractivity contribution is 5.97. The summed E-state index contributed by atoms with van der Waals surface area (Å²) in [6.07, 6.45) is -0.0406. The van der Waals surface area contributed by atoms with Crippen LogP contribution in [-0.2, 0) is 4.79 Å². The van der Waals surface area contributed by atoms with Crippen LogP contribution in [0.4, 0.5) is 0 Å². The summed E-state index contributed by atoms with van der Waals surface area (Å²) >= 11 is 0. The molecule has 0 bridgehead atoms. The molecule has 0 saturated carbocycles. The molecule has 0 saturated heterocycles. The lowest BCUT2D eigenvalue weighted by molar-refractivity contribution is -0.136. The second-order valence-corrected chi connectivity index (χ2v) is 4.09. The number of carboxylic acid groups (broad SMARTS) is 1. The maximum Gasteiger partial charge on any atom is 0.303 e. The van der Waals surface area contributed by atoms with E-state index in [9.17, 15) is 9.59 Å². The molecule has 0 radical (unpaired) electrons. The number of aliphatic carboxylic acids is 1. The first-order chi connectivity index (χ1) is 8.50. The molecular formula is C15H22O3. The molecule has 0 fully saturated rings. The summed E-state index contributed by atoms with van der Waals surface area (Å²) < 4.78 is 0. The van der Waals surface area contributed by atoms with Gasteiger partial charge in [0.05, 0.1) is 6.42 Å². The Bertz CT molecular complexity index is 377. The van der Waals surface area contributed by atoms with Crippen molar-refractivity contribution in [2.24, 2.45) is 0 Å². The van der Waals surface area contributed by atoms with Crippen LogP contribution in [0.25, 0.3) is 0 Å². The summed E-state index contributed by atoms with van der Waals surface area (Å²) in [6, 6.07) is 7.36. The van der Waals surface area contributed by atoms with Crippen molar-refractivity contribution in [2.75, 3.05) is 0 Å². The summed E-state index contributed by atoms with van der Waals surface area (Å²) in [5.74, 6) is -0.618. The molecule has 0 aromatic heterocycles. The average molecular weight is 250 g/mol. The smallest absolute Gasteiger partial charge is 0.303 e. The average Bonchev–Trinajstić information content (AvgIpc) is 2.38. The van der Waals surface area contributed by atoms with Crippen LogP contribution < -0.4 is 0 Å². The second-order valence-electron chi connectivity index (χ2n) is 4.09. The summed E-state index contributed by atoms with van der Waals surface area (Å²) in [4.78, 5) is 21.9. The summed E-state index contributed by atoms with van der Waals surface area (Å²) in [5, 5.41) is 8.47. The van der Waals surface area contributed by atoms with Gasteiger partial charge in [-0.2, -0.15) is 0 Å². The highest BCUT2D eigenvalue weighted by Gasteiger charge is 2.08. The zero-order valence-corrected chi connectivity index (χ0v) is 11.6. The molecule has 1 aromatic rings. The molecule has 0 aliphatic carbocycles. The van der Waals surface area contributed by atoms with Crippen LogP contribution in [0.15, 0.2) is 24.3 Å². The van der Waals surface area contributed by atoms with E-state index in [2.05, 4.69) is 13.8 Å². The van der Waals surface area contributed by atoms with Crippen LogP contribution in [0.5, 0.6) is 0 Å². The van der Waals surface area contributed by atoms with Crippen LogP contribution in [0.1, 0.15) is 62.4 Å². The van der Waals surface area contributed by atoms with Gasteiger partial charge in [0.1, 0.15) is 0 Å². The van der Waals surface area contributed by atoms with Crippen molar-refractivity contribution in [3.63, 3.8) is 0 Å². The lowest BCUT2D eigenvalue weighted by Crippen LogP contribution is -2.03. The van der Waals surface area contributed by atoms with Gasteiger partial charge in [-0.3, -0.25) is 9.59 Å². The van der Waals surface area contributed by atoms with E-state index in [1.807, 2.05) is 26.0 Å². The van der Waals surface area contributed by atoms with Crippen molar-refractivity contribution in [3.05, 3.63) is 35.4 Å². The number of hydrogen-bond donors (Lipinski definition) is 1. The van der Waals surface area contributed by atoms with Gasteiger partial charge in [-0.15, -0.1) is 0 Å². The van der Waals surface area contributed by atoms with Crippen molar-refractivity contribution in [1.29, 1.82) is 0 Å². The van der Waals surface area contributed by atoms with Crippen LogP contribution >= 0.6 is 0 Å². The maximum absolute atomic E-state index is 11.6. The van der Waals surface area contributed by atoms with Gasteiger partial charge in [0.25, 0.3) is 0 Å². The van der Waals surface area contributed by atoms with Crippen LogP contribution in [-0.4, -0.2) is 16.9 Å². The Morgan fingerprint density at radius 3 is 1.94 bits per heavy atom. The van der Waals surface area contributed by atoms with Gasteiger partial charge < -0.3 is 5.11 Å². The van der Waals surface area contributed by atoms with Crippen molar-refractivity contribution in [3.8, 4) is 0 Å². The molecule has 0 unspecified atom stereocenters. The van der Waals surface area contributed by atoms with Crippen LogP contribution in [0.3, 0.4) is 0 Å². The fourth-order valence-corrected chi connectivity index (χ4v) is 1.42. The molecule has 0 spiro atoms. The Kier molecular flexibility index (Phi) is 7.68. The van der Waals surface area contributed by atoms with Crippen LogP contribution in [0, 0.1) is 0 Å². The van der Waals surface area contributed by atoms with Crippen molar-refractivity contribution in [2.45, 2.75) is 46.5 Å². The highest BCUT2D eigenvalue weighted by atomic mass is 16.4. The zero-order valence-electron chi connectivity index (χ0n) is 11.6. The van der Waals surface area contributed by atoms with Gasteiger partial charge in [0.2, 0.25) is 0 Å². The molecule has 1 rings (SSSR count). The number of rotatable bonds is 5. The molecule has 3 heteroatoms. The van der Waals surface area contributed by atoms with Crippen molar-refractivity contribution < 1.29 is 14.7 Å². The first kappa shape index (κ1) is 16.4. The molecular weight excluding hydrogens is 228 g/mol. The highest BCUT2D eigenvalue weighted by Crippen LogP contribution is 2.15. The number of carbonyl (C=O) groups is 2. The molecule has 0 amide bonds. The fourth-order valence-electron chi connectivity index (χ4n) is 1.42. The number of carbonyl (C=O) groups excluding carboxylic acids is 1. The van der Waals surface area contributed by atoms with E-state index in [4.69, 9.17) is 5.11 Å². The van der Waals surface area contributed by atoms with Gasteiger partial charge in [0, 0.05) is 12.0 Å². The quantitative estimate of drug-likeness (QED) is 0.807. The second kappa shape index (κ2) is 8.45. The van der Waals surface area contributed by atoms with E-state index in [1.54, 1.807) is 12.1 Å². The Balaban J connectivity index is 0.00000137. The van der Waals surface area contributed by atoms with Gasteiger partial charge >= 0.3 is 5.97 Å². The van der Waals surface area contributed by atoms with Gasteiger partial charge in [0.15, 0.2) is 5.78 Å². The largest absolute Gasteiger partial charge is 0.481 e. The third-order valence-corrected chi connectivity index (χ3v) is 2.47. The minimum Gasteiger partial charge on any atom is -0.481 e. The zero-order chi connectivity index (χ0) is 14.1. The summed E-state index contributed by atoms with van der Waals surface area (Å²) in [7, 11) is 0. The number of benzene rings is 1. The number of Topliss-reactive ketones (excluding diaryl/α,β-unsaturated/α-hetero) is 1. The normalized spacial score (nSPS) is 9.61. The maximum atomic E-state index is 11.6. The van der Waals surface area contributed by atoms with Gasteiger partial charge in [-0.05, 0) is 11.5 Å². The summed E-state index contributed by atoms with van der Waals surface area (Å²) in [5.41, 5.74) is 1.76. The lowest BCUT2D eigenvalue weighted by Gasteiger charge is -2.05. The SMILES string of the molecule is CC.CC(C)c1ccc(C(=O)CCC(=O)O)cc1. The number of ketones is 1. The third kappa shape index (κ3) is 5.62. The van der Waals surface area contributed by atoms with Gasteiger partial charge in [-0.25, -0.2) is 0 Å². The number of hydrogen-bond acceptors (Lipinski definition) is 2. The molecule has 18 heavy (non-hydrogen) atoms. The predicted molar refractivity (Wildman–Crippen MR) is 73.1 cm³/mol. The Morgan fingerprint density at radius 2 is 1.56 bits per heavy atom. The fraction of sp³-hybridized carbons (Fsp3) is 0.467. The Morgan fingerprint density at radius 1 is 1.06 bits per heavy atom. The molecule has 1 aromatic carbocycles. The molecule has 0 aliphatic heterocycles.